The number of rotatable bonds is 4. The van der Waals surface area contributed by atoms with E-state index in [0.29, 0.717) is 12.0 Å². The number of phenols is 1. The Balaban J connectivity index is 3.05. The maximum Gasteiger partial charge on any atom is 0.163 e. The van der Waals surface area contributed by atoms with Gasteiger partial charge in [0.1, 0.15) is 5.75 Å². The summed E-state index contributed by atoms with van der Waals surface area (Å²) in [5.41, 5.74) is 2.13. The standard InChI is InChI=1S/C13H16O3/c1-9-7-12(10(2)15)13(16)8-11(9)5-3-4-6-14/h3,5,7-8,14,16H,4,6H2,1-2H3. The molecule has 2 N–H and O–H groups in total. The molecule has 0 saturated carbocycles. The van der Waals surface area contributed by atoms with Crippen LogP contribution in [0.3, 0.4) is 0 Å². The maximum atomic E-state index is 11.2. The van der Waals surface area contributed by atoms with Crippen molar-refractivity contribution in [2.24, 2.45) is 0 Å². The Labute approximate surface area is 95.0 Å². The topological polar surface area (TPSA) is 57.5 Å². The second-order valence-corrected chi connectivity index (χ2v) is 3.70. The van der Waals surface area contributed by atoms with E-state index in [-0.39, 0.29) is 18.1 Å². The summed E-state index contributed by atoms with van der Waals surface area (Å²) >= 11 is 0. The molecular weight excluding hydrogens is 204 g/mol. The van der Waals surface area contributed by atoms with Gasteiger partial charge in [-0.05, 0) is 43.5 Å². The van der Waals surface area contributed by atoms with Crippen LogP contribution in [0.4, 0.5) is 0 Å². The van der Waals surface area contributed by atoms with E-state index < -0.39 is 0 Å². The van der Waals surface area contributed by atoms with Crippen LogP contribution in [0.2, 0.25) is 0 Å². The fourth-order valence-corrected chi connectivity index (χ4v) is 1.46. The molecule has 1 aromatic rings. The van der Waals surface area contributed by atoms with Crippen molar-refractivity contribution in [1.82, 2.24) is 0 Å². The van der Waals surface area contributed by atoms with Crippen LogP contribution in [0.15, 0.2) is 18.2 Å². The first-order chi connectivity index (χ1) is 7.56. The van der Waals surface area contributed by atoms with Crippen LogP contribution < -0.4 is 0 Å². The van der Waals surface area contributed by atoms with E-state index in [9.17, 15) is 9.90 Å². The van der Waals surface area contributed by atoms with Gasteiger partial charge in [0, 0.05) is 6.61 Å². The third-order valence-electron chi connectivity index (χ3n) is 2.36. The van der Waals surface area contributed by atoms with Crippen LogP contribution in [0, 0.1) is 6.92 Å². The maximum absolute atomic E-state index is 11.2. The molecule has 0 saturated heterocycles. The number of hydrogen-bond donors (Lipinski definition) is 2. The number of aliphatic hydroxyl groups excluding tert-OH is 1. The second kappa shape index (κ2) is 5.47. The lowest BCUT2D eigenvalue weighted by Gasteiger charge is -2.06. The Morgan fingerprint density at radius 1 is 1.44 bits per heavy atom. The van der Waals surface area contributed by atoms with Crippen molar-refractivity contribution in [3.63, 3.8) is 0 Å². The molecule has 86 valence electrons. The first kappa shape index (κ1) is 12.5. The Bertz CT molecular complexity index is 419. The van der Waals surface area contributed by atoms with E-state index in [1.807, 2.05) is 19.1 Å². The molecular formula is C13H16O3. The van der Waals surface area contributed by atoms with Crippen molar-refractivity contribution in [3.8, 4) is 5.75 Å². The zero-order valence-corrected chi connectivity index (χ0v) is 9.53. The van der Waals surface area contributed by atoms with Gasteiger partial charge in [0.05, 0.1) is 5.56 Å². The van der Waals surface area contributed by atoms with E-state index in [4.69, 9.17) is 5.11 Å². The lowest BCUT2D eigenvalue weighted by molar-refractivity contribution is 0.101. The highest BCUT2D eigenvalue weighted by atomic mass is 16.3. The lowest BCUT2D eigenvalue weighted by atomic mass is 10.0. The Morgan fingerprint density at radius 3 is 2.69 bits per heavy atom. The molecule has 1 rings (SSSR count). The van der Waals surface area contributed by atoms with E-state index >= 15 is 0 Å². The van der Waals surface area contributed by atoms with E-state index in [1.165, 1.54) is 6.92 Å². The van der Waals surface area contributed by atoms with Gasteiger partial charge in [0.2, 0.25) is 0 Å². The molecule has 3 heteroatoms. The van der Waals surface area contributed by atoms with Crippen molar-refractivity contribution < 1.29 is 15.0 Å². The number of hydrogen-bond acceptors (Lipinski definition) is 3. The number of benzene rings is 1. The largest absolute Gasteiger partial charge is 0.507 e. The number of carbonyl (C=O) groups is 1. The minimum absolute atomic E-state index is 0.00162. The second-order valence-electron chi connectivity index (χ2n) is 3.70. The van der Waals surface area contributed by atoms with Gasteiger partial charge in [-0.3, -0.25) is 4.79 Å². The molecule has 0 radical (unpaired) electrons. The van der Waals surface area contributed by atoms with Gasteiger partial charge in [0.15, 0.2) is 5.78 Å². The van der Waals surface area contributed by atoms with Crippen LogP contribution in [0.25, 0.3) is 6.08 Å². The molecule has 0 atom stereocenters. The molecule has 0 aliphatic rings. The summed E-state index contributed by atoms with van der Waals surface area (Å²) in [4.78, 5) is 11.2. The van der Waals surface area contributed by atoms with Gasteiger partial charge in [-0.15, -0.1) is 0 Å². The third kappa shape index (κ3) is 2.94. The first-order valence-electron chi connectivity index (χ1n) is 5.18. The van der Waals surface area contributed by atoms with E-state index in [2.05, 4.69) is 0 Å². The van der Waals surface area contributed by atoms with Crippen LogP contribution in [0.5, 0.6) is 5.75 Å². The number of phenolic OH excluding ortho intramolecular Hbond substituents is 1. The minimum atomic E-state index is -0.147. The molecule has 1 aromatic carbocycles. The van der Waals surface area contributed by atoms with Gasteiger partial charge in [-0.2, -0.15) is 0 Å². The van der Waals surface area contributed by atoms with Gasteiger partial charge in [0.25, 0.3) is 0 Å². The molecule has 0 aliphatic carbocycles. The van der Waals surface area contributed by atoms with Crippen molar-refractivity contribution in [2.45, 2.75) is 20.3 Å². The Hall–Kier alpha value is -1.61. The molecule has 3 nitrogen and oxygen atoms in total. The number of aromatic hydroxyl groups is 1. The van der Waals surface area contributed by atoms with E-state index in [0.717, 1.165) is 11.1 Å². The average Bonchev–Trinajstić information content (AvgIpc) is 2.22. The molecule has 0 amide bonds. The zero-order valence-electron chi connectivity index (χ0n) is 9.53. The van der Waals surface area contributed by atoms with Gasteiger partial charge >= 0.3 is 0 Å². The van der Waals surface area contributed by atoms with Crippen LogP contribution in [0.1, 0.15) is 34.8 Å². The summed E-state index contributed by atoms with van der Waals surface area (Å²) in [6, 6.07) is 3.25. The summed E-state index contributed by atoms with van der Waals surface area (Å²) in [5.74, 6) is -0.145. The lowest BCUT2D eigenvalue weighted by Crippen LogP contribution is -1.95. The first-order valence-corrected chi connectivity index (χ1v) is 5.18. The fourth-order valence-electron chi connectivity index (χ4n) is 1.46. The van der Waals surface area contributed by atoms with Crippen LogP contribution in [-0.2, 0) is 0 Å². The quantitative estimate of drug-likeness (QED) is 0.765. The number of ketones is 1. The number of aryl methyl sites for hydroxylation is 1. The predicted octanol–water partition coefficient (Wildman–Crippen LogP) is 2.30. The number of Topliss-reactive ketones (excluding diaryl/α,β-unsaturated/α-hetero) is 1. The molecule has 0 spiro atoms. The molecule has 0 aliphatic heterocycles. The Morgan fingerprint density at radius 2 is 2.12 bits per heavy atom. The third-order valence-corrected chi connectivity index (χ3v) is 2.36. The van der Waals surface area contributed by atoms with E-state index in [1.54, 1.807) is 12.1 Å². The van der Waals surface area contributed by atoms with Gasteiger partial charge < -0.3 is 10.2 Å². The van der Waals surface area contributed by atoms with Gasteiger partial charge in [-0.25, -0.2) is 0 Å². The summed E-state index contributed by atoms with van der Waals surface area (Å²) in [6.45, 7) is 3.41. The molecule has 0 heterocycles. The van der Waals surface area contributed by atoms with Crippen molar-refractivity contribution in [1.29, 1.82) is 0 Å². The van der Waals surface area contributed by atoms with Crippen LogP contribution >= 0.6 is 0 Å². The SMILES string of the molecule is CC(=O)c1cc(C)c(C=CCCO)cc1O. The molecule has 0 aromatic heterocycles. The molecule has 0 unspecified atom stereocenters. The summed E-state index contributed by atoms with van der Waals surface area (Å²) in [5, 5.41) is 18.3. The smallest absolute Gasteiger partial charge is 0.163 e. The molecule has 16 heavy (non-hydrogen) atoms. The fraction of sp³-hybridized carbons (Fsp3) is 0.308. The monoisotopic (exact) mass is 220 g/mol. The normalized spacial score (nSPS) is 10.9. The molecule has 0 bridgehead atoms. The zero-order chi connectivity index (χ0) is 12.1. The van der Waals surface area contributed by atoms with Crippen LogP contribution in [-0.4, -0.2) is 22.6 Å². The highest BCUT2D eigenvalue weighted by Gasteiger charge is 2.08. The minimum Gasteiger partial charge on any atom is -0.507 e. The highest BCUT2D eigenvalue weighted by Crippen LogP contribution is 2.23. The Kier molecular flexibility index (Phi) is 4.26. The number of aliphatic hydroxyl groups is 1. The highest BCUT2D eigenvalue weighted by molar-refractivity contribution is 5.97. The summed E-state index contributed by atoms with van der Waals surface area (Å²) in [7, 11) is 0. The van der Waals surface area contributed by atoms with Crippen molar-refractivity contribution in [3.05, 3.63) is 34.9 Å². The average molecular weight is 220 g/mol. The molecule has 0 fully saturated rings. The summed E-state index contributed by atoms with van der Waals surface area (Å²) in [6.07, 6.45) is 4.24. The van der Waals surface area contributed by atoms with Gasteiger partial charge in [-0.1, -0.05) is 12.2 Å². The number of carbonyl (C=O) groups excluding carboxylic acids is 1. The summed E-state index contributed by atoms with van der Waals surface area (Å²) < 4.78 is 0. The van der Waals surface area contributed by atoms with Crippen molar-refractivity contribution in [2.75, 3.05) is 6.61 Å². The predicted molar refractivity (Wildman–Crippen MR) is 63.6 cm³/mol. The van der Waals surface area contributed by atoms with Crippen molar-refractivity contribution >= 4 is 11.9 Å².